The Morgan fingerprint density at radius 3 is 2.64 bits per heavy atom. The summed E-state index contributed by atoms with van der Waals surface area (Å²) < 4.78 is 0. The van der Waals surface area contributed by atoms with Gasteiger partial charge in [0.05, 0.1) is 12.6 Å². The molecule has 0 saturated heterocycles. The van der Waals surface area contributed by atoms with Gasteiger partial charge in [0.1, 0.15) is 11.9 Å². The summed E-state index contributed by atoms with van der Waals surface area (Å²) >= 11 is 0. The van der Waals surface area contributed by atoms with Gasteiger partial charge >= 0.3 is 0 Å². The molecule has 4 atom stereocenters. The number of aliphatic imine (C=N–C) groups is 1. The molecule has 0 aromatic carbocycles. The fourth-order valence-electron chi connectivity index (χ4n) is 1.67. The van der Waals surface area contributed by atoms with Crippen molar-refractivity contribution in [3.05, 3.63) is 0 Å². The van der Waals surface area contributed by atoms with Crippen molar-refractivity contribution < 1.29 is 10.2 Å². The Labute approximate surface area is 83.8 Å². The van der Waals surface area contributed by atoms with E-state index in [2.05, 4.69) is 4.99 Å². The third kappa shape index (κ3) is 2.43. The zero-order valence-electron chi connectivity index (χ0n) is 8.43. The SMILES string of the molecule is C[C@@H]1[C@H](O)C(N)=N[C@@H]1CCC(N)CO. The lowest BCUT2D eigenvalue weighted by molar-refractivity contribution is 0.173. The number of amidine groups is 1. The zero-order valence-corrected chi connectivity index (χ0v) is 8.43. The molecule has 82 valence electrons. The fourth-order valence-corrected chi connectivity index (χ4v) is 1.67. The molecular weight excluding hydrogens is 182 g/mol. The summed E-state index contributed by atoms with van der Waals surface area (Å²) in [6.07, 6.45) is 0.848. The highest BCUT2D eigenvalue weighted by Crippen LogP contribution is 2.23. The molecule has 0 aromatic heterocycles. The number of nitrogens with two attached hydrogens (primary N) is 2. The van der Waals surface area contributed by atoms with Gasteiger partial charge in [0.25, 0.3) is 0 Å². The largest absolute Gasteiger partial charge is 0.395 e. The van der Waals surface area contributed by atoms with E-state index in [-0.39, 0.29) is 24.6 Å². The Hall–Kier alpha value is -0.650. The molecule has 1 aliphatic rings. The van der Waals surface area contributed by atoms with Crippen LogP contribution in [0.4, 0.5) is 0 Å². The molecule has 1 unspecified atom stereocenters. The summed E-state index contributed by atoms with van der Waals surface area (Å²) in [6, 6.07) is -0.154. The predicted molar refractivity (Wildman–Crippen MR) is 54.9 cm³/mol. The minimum Gasteiger partial charge on any atom is -0.395 e. The van der Waals surface area contributed by atoms with E-state index >= 15 is 0 Å². The smallest absolute Gasteiger partial charge is 0.123 e. The van der Waals surface area contributed by atoms with Crippen molar-refractivity contribution in [1.29, 1.82) is 0 Å². The van der Waals surface area contributed by atoms with Crippen LogP contribution in [0.2, 0.25) is 0 Å². The first-order chi connectivity index (χ1) is 6.56. The van der Waals surface area contributed by atoms with Crippen LogP contribution in [0, 0.1) is 5.92 Å². The fraction of sp³-hybridized carbons (Fsp3) is 0.889. The van der Waals surface area contributed by atoms with Gasteiger partial charge in [0, 0.05) is 12.0 Å². The Bertz CT molecular complexity index is 220. The van der Waals surface area contributed by atoms with E-state index < -0.39 is 6.10 Å². The lowest BCUT2D eigenvalue weighted by atomic mass is 9.94. The second kappa shape index (κ2) is 4.72. The van der Waals surface area contributed by atoms with E-state index in [9.17, 15) is 5.11 Å². The Balaban J connectivity index is 2.39. The molecular formula is C9H19N3O2. The number of aliphatic hydroxyl groups excluding tert-OH is 2. The maximum atomic E-state index is 9.52. The number of hydrogen-bond donors (Lipinski definition) is 4. The van der Waals surface area contributed by atoms with Gasteiger partial charge in [-0.05, 0) is 12.8 Å². The molecule has 1 rings (SSSR count). The third-order valence-corrected chi connectivity index (χ3v) is 2.79. The molecule has 0 aliphatic carbocycles. The summed E-state index contributed by atoms with van der Waals surface area (Å²) in [5.41, 5.74) is 11.1. The van der Waals surface area contributed by atoms with Crippen molar-refractivity contribution in [3.63, 3.8) is 0 Å². The molecule has 0 amide bonds. The van der Waals surface area contributed by atoms with Gasteiger partial charge in [0.15, 0.2) is 0 Å². The molecule has 0 saturated carbocycles. The number of rotatable bonds is 4. The van der Waals surface area contributed by atoms with E-state index in [1.165, 1.54) is 0 Å². The van der Waals surface area contributed by atoms with Crippen LogP contribution in [0.5, 0.6) is 0 Å². The zero-order chi connectivity index (χ0) is 10.7. The van der Waals surface area contributed by atoms with Crippen LogP contribution in [0.15, 0.2) is 4.99 Å². The normalized spacial score (nSPS) is 34.3. The molecule has 1 heterocycles. The Morgan fingerprint density at radius 2 is 2.21 bits per heavy atom. The lowest BCUT2D eigenvalue weighted by Crippen LogP contribution is -2.31. The Kier molecular flexibility index (Phi) is 3.86. The molecule has 6 N–H and O–H groups in total. The average molecular weight is 201 g/mol. The molecule has 0 spiro atoms. The maximum absolute atomic E-state index is 9.52. The van der Waals surface area contributed by atoms with Gasteiger partial charge in [-0.1, -0.05) is 6.92 Å². The lowest BCUT2D eigenvalue weighted by Gasteiger charge is -2.17. The van der Waals surface area contributed by atoms with Crippen molar-refractivity contribution in [1.82, 2.24) is 0 Å². The molecule has 0 fully saturated rings. The number of aliphatic hydroxyl groups is 2. The minimum absolute atomic E-state index is 0.0111. The quantitative estimate of drug-likeness (QED) is 0.459. The Morgan fingerprint density at radius 1 is 1.57 bits per heavy atom. The van der Waals surface area contributed by atoms with E-state index in [1.54, 1.807) is 0 Å². The van der Waals surface area contributed by atoms with Crippen molar-refractivity contribution >= 4 is 5.84 Å². The van der Waals surface area contributed by atoms with Crippen LogP contribution >= 0.6 is 0 Å². The highest BCUT2D eigenvalue weighted by atomic mass is 16.3. The van der Waals surface area contributed by atoms with E-state index in [0.717, 1.165) is 6.42 Å². The van der Waals surface area contributed by atoms with E-state index in [1.807, 2.05) is 6.92 Å². The molecule has 5 nitrogen and oxygen atoms in total. The monoisotopic (exact) mass is 201 g/mol. The van der Waals surface area contributed by atoms with Gasteiger partial charge in [0.2, 0.25) is 0 Å². The van der Waals surface area contributed by atoms with Crippen LogP contribution in [-0.4, -0.2) is 40.8 Å². The van der Waals surface area contributed by atoms with E-state index in [4.69, 9.17) is 16.6 Å². The first-order valence-electron chi connectivity index (χ1n) is 4.94. The van der Waals surface area contributed by atoms with Crippen LogP contribution in [0.1, 0.15) is 19.8 Å². The van der Waals surface area contributed by atoms with Crippen molar-refractivity contribution in [2.24, 2.45) is 22.4 Å². The number of nitrogens with zero attached hydrogens (tertiary/aromatic N) is 1. The minimum atomic E-state index is -0.620. The highest BCUT2D eigenvalue weighted by Gasteiger charge is 2.32. The average Bonchev–Trinajstić information content (AvgIpc) is 2.42. The molecule has 5 heteroatoms. The van der Waals surface area contributed by atoms with Crippen LogP contribution in [0.3, 0.4) is 0 Å². The van der Waals surface area contributed by atoms with Crippen LogP contribution in [-0.2, 0) is 0 Å². The van der Waals surface area contributed by atoms with Gasteiger partial charge < -0.3 is 21.7 Å². The van der Waals surface area contributed by atoms with Crippen LogP contribution < -0.4 is 11.5 Å². The summed E-state index contributed by atoms with van der Waals surface area (Å²) in [7, 11) is 0. The molecule has 0 bridgehead atoms. The molecule has 14 heavy (non-hydrogen) atoms. The first-order valence-corrected chi connectivity index (χ1v) is 4.94. The summed E-state index contributed by atoms with van der Waals surface area (Å²) in [4.78, 5) is 4.16. The highest BCUT2D eigenvalue weighted by molar-refractivity contribution is 5.86. The first kappa shape index (κ1) is 11.4. The van der Waals surface area contributed by atoms with Crippen molar-refractivity contribution in [2.45, 2.75) is 38.0 Å². The van der Waals surface area contributed by atoms with Crippen molar-refractivity contribution in [3.8, 4) is 0 Å². The summed E-state index contributed by atoms with van der Waals surface area (Å²) in [5, 5.41) is 18.3. The third-order valence-electron chi connectivity index (χ3n) is 2.79. The standard InChI is InChI=1S/C9H19N3O2/c1-5-7(3-2-6(10)4-13)12-9(11)8(5)14/h5-8,13-14H,2-4,10H2,1H3,(H2,11,12)/t5-,6?,7+,8-/m0/s1. The molecule has 0 aromatic rings. The van der Waals surface area contributed by atoms with E-state index in [0.29, 0.717) is 12.3 Å². The topological polar surface area (TPSA) is 105 Å². The second-order valence-electron chi connectivity index (χ2n) is 3.95. The van der Waals surface area contributed by atoms with Gasteiger partial charge in [-0.3, -0.25) is 4.99 Å². The van der Waals surface area contributed by atoms with Gasteiger partial charge in [-0.15, -0.1) is 0 Å². The predicted octanol–water partition coefficient (Wildman–Crippen LogP) is -1.18. The van der Waals surface area contributed by atoms with Gasteiger partial charge in [-0.25, -0.2) is 0 Å². The molecule has 0 radical (unpaired) electrons. The molecule has 1 aliphatic heterocycles. The maximum Gasteiger partial charge on any atom is 0.123 e. The number of hydrogen-bond acceptors (Lipinski definition) is 5. The summed E-state index contributed by atoms with van der Waals surface area (Å²) in [6.45, 7) is 1.91. The second-order valence-corrected chi connectivity index (χ2v) is 3.95. The summed E-state index contributed by atoms with van der Waals surface area (Å²) in [5.74, 6) is 0.376. The van der Waals surface area contributed by atoms with Crippen molar-refractivity contribution in [2.75, 3.05) is 6.61 Å². The van der Waals surface area contributed by atoms with Crippen LogP contribution in [0.25, 0.3) is 0 Å². The van der Waals surface area contributed by atoms with Gasteiger partial charge in [-0.2, -0.15) is 0 Å².